The van der Waals surface area contributed by atoms with Crippen LogP contribution < -0.4 is 5.32 Å². The first-order chi connectivity index (χ1) is 14.6. The number of nitrogens with one attached hydrogen (secondary N) is 1. The van der Waals surface area contributed by atoms with E-state index in [0.717, 1.165) is 41.8 Å². The monoisotopic (exact) mass is 425 g/mol. The van der Waals surface area contributed by atoms with Crippen molar-refractivity contribution in [3.63, 3.8) is 0 Å². The van der Waals surface area contributed by atoms with E-state index in [2.05, 4.69) is 57.3 Å². The van der Waals surface area contributed by atoms with Crippen LogP contribution in [0.4, 0.5) is 0 Å². The molecule has 4 rings (SSSR count). The van der Waals surface area contributed by atoms with Crippen molar-refractivity contribution in [2.45, 2.75) is 37.4 Å². The van der Waals surface area contributed by atoms with Crippen molar-refractivity contribution < 1.29 is 9.53 Å². The first-order valence-corrected chi connectivity index (χ1v) is 11.2. The molecule has 1 N–H and O–H groups in total. The molecule has 2 aromatic heterocycles. The van der Waals surface area contributed by atoms with Crippen LogP contribution in [0.25, 0.3) is 5.69 Å². The van der Waals surface area contributed by atoms with Gasteiger partial charge in [-0.15, -0.1) is 10.2 Å². The van der Waals surface area contributed by atoms with Crippen molar-refractivity contribution >= 4 is 17.7 Å². The quantitative estimate of drug-likeness (QED) is 0.562. The van der Waals surface area contributed by atoms with Crippen molar-refractivity contribution in [2.75, 3.05) is 18.9 Å². The zero-order valence-corrected chi connectivity index (χ0v) is 18.2. The number of aromatic nitrogens is 4. The summed E-state index contributed by atoms with van der Waals surface area (Å²) in [5.74, 6) is 1.13. The minimum atomic E-state index is -0.0158. The molecule has 1 amide bonds. The third-order valence-electron chi connectivity index (χ3n) is 5.27. The second-order valence-corrected chi connectivity index (χ2v) is 8.53. The van der Waals surface area contributed by atoms with E-state index < -0.39 is 0 Å². The summed E-state index contributed by atoms with van der Waals surface area (Å²) in [6, 6.07) is 12.4. The maximum Gasteiger partial charge on any atom is 0.230 e. The van der Waals surface area contributed by atoms with Crippen molar-refractivity contribution in [1.29, 1.82) is 0 Å². The van der Waals surface area contributed by atoms with Crippen molar-refractivity contribution in [3.05, 3.63) is 59.7 Å². The largest absolute Gasteiger partial charge is 0.376 e. The van der Waals surface area contributed by atoms with Gasteiger partial charge < -0.3 is 14.6 Å². The van der Waals surface area contributed by atoms with E-state index in [1.807, 2.05) is 23.9 Å². The van der Waals surface area contributed by atoms with Gasteiger partial charge in [0.1, 0.15) is 5.82 Å². The molecule has 1 aliphatic heterocycles. The highest BCUT2D eigenvalue weighted by molar-refractivity contribution is 7.99. The highest BCUT2D eigenvalue weighted by Crippen LogP contribution is 2.24. The van der Waals surface area contributed by atoms with E-state index in [1.54, 1.807) is 0 Å². The fourth-order valence-electron chi connectivity index (χ4n) is 3.52. The Morgan fingerprint density at radius 1 is 1.27 bits per heavy atom. The van der Waals surface area contributed by atoms with Crippen LogP contribution in [0, 0.1) is 6.92 Å². The summed E-state index contributed by atoms with van der Waals surface area (Å²) in [6.07, 6.45) is 4.91. The SMILES string of the molecule is Cc1ccc(-n2c(Cc3cccn3C)nnc2SCC(=O)NC[C@H]2CCCO2)cc1. The maximum absolute atomic E-state index is 12.3. The molecule has 0 aliphatic carbocycles. The average molecular weight is 426 g/mol. The van der Waals surface area contributed by atoms with Crippen LogP contribution >= 0.6 is 11.8 Å². The molecule has 1 atom stereocenters. The minimum absolute atomic E-state index is 0.0158. The summed E-state index contributed by atoms with van der Waals surface area (Å²) in [5.41, 5.74) is 3.34. The first-order valence-electron chi connectivity index (χ1n) is 10.2. The molecule has 8 heteroatoms. The Labute approximate surface area is 180 Å². The van der Waals surface area contributed by atoms with Crippen LogP contribution in [-0.4, -0.2) is 50.2 Å². The van der Waals surface area contributed by atoms with Gasteiger partial charge in [-0.1, -0.05) is 29.5 Å². The molecule has 3 aromatic rings. The van der Waals surface area contributed by atoms with E-state index in [-0.39, 0.29) is 12.0 Å². The number of carbonyl (C=O) groups is 1. The fourth-order valence-corrected chi connectivity index (χ4v) is 4.32. The molecule has 3 heterocycles. The number of rotatable bonds is 8. The number of nitrogens with zero attached hydrogens (tertiary/aromatic N) is 4. The zero-order chi connectivity index (χ0) is 20.9. The Hall–Kier alpha value is -2.58. The lowest BCUT2D eigenvalue weighted by molar-refractivity contribution is -0.119. The summed E-state index contributed by atoms with van der Waals surface area (Å²) in [6.45, 7) is 3.43. The molecule has 158 valence electrons. The first kappa shape index (κ1) is 20.7. The molecule has 0 spiro atoms. The second-order valence-electron chi connectivity index (χ2n) is 7.58. The molecule has 30 heavy (non-hydrogen) atoms. The molecule has 7 nitrogen and oxygen atoms in total. The minimum Gasteiger partial charge on any atom is -0.376 e. The molecule has 1 aromatic carbocycles. The van der Waals surface area contributed by atoms with Gasteiger partial charge in [0.25, 0.3) is 0 Å². The van der Waals surface area contributed by atoms with Gasteiger partial charge >= 0.3 is 0 Å². The molecular weight excluding hydrogens is 398 g/mol. The summed E-state index contributed by atoms with van der Waals surface area (Å²) in [4.78, 5) is 12.3. The molecule has 1 saturated heterocycles. The maximum atomic E-state index is 12.3. The van der Waals surface area contributed by atoms with Gasteiger partial charge in [-0.25, -0.2) is 0 Å². The van der Waals surface area contributed by atoms with Crippen molar-refractivity contribution in [1.82, 2.24) is 24.6 Å². The predicted octanol–water partition coefficient (Wildman–Crippen LogP) is 2.89. The van der Waals surface area contributed by atoms with E-state index in [9.17, 15) is 4.79 Å². The van der Waals surface area contributed by atoms with Gasteiger partial charge in [0.05, 0.1) is 11.9 Å². The number of carbonyl (C=O) groups excluding carboxylic acids is 1. The molecule has 0 radical (unpaired) electrons. The number of aryl methyl sites for hydroxylation is 2. The number of ether oxygens (including phenoxy) is 1. The zero-order valence-electron chi connectivity index (χ0n) is 17.4. The Morgan fingerprint density at radius 2 is 2.10 bits per heavy atom. The smallest absolute Gasteiger partial charge is 0.230 e. The van der Waals surface area contributed by atoms with Crippen LogP contribution in [0.15, 0.2) is 47.8 Å². The standard InChI is InChI=1S/C22H27N5O2S/c1-16-7-9-17(10-8-16)27-20(13-18-5-3-11-26(18)2)24-25-22(27)30-15-21(28)23-14-19-6-4-12-29-19/h3,5,7-11,19H,4,6,12-15H2,1-2H3,(H,23,28)/t19-/m1/s1. The van der Waals surface area contributed by atoms with Crippen LogP contribution in [0.1, 0.15) is 29.9 Å². The van der Waals surface area contributed by atoms with Gasteiger partial charge in [-0.3, -0.25) is 9.36 Å². The summed E-state index contributed by atoms with van der Waals surface area (Å²) < 4.78 is 9.69. The van der Waals surface area contributed by atoms with Gasteiger partial charge in [0, 0.05) is 44.2 Å². The molecule has 0 saturated carbocycles. The third kappa shape index (κ3) is 4.94. The average Bonchev–Trinajstić information content (AvgIpc) is 3.48. The van der Waals surface area contributed by atoms with Crippen LogP contribution in [0.2, 0.25) is 0 Å². The summed E-state index contributed by atoms with van der Waals surface area (Å²) >= 11 is 1.40. The second kappa shape index (κ2) is 9.49. The van der Waals surface area contributed by atoms with Gasteiger partial charge in [0.15, 0.2) is 5.16 Å². The van der Waals surface area contributed by atoms with Crippen molar-refractivity contribution in [2.24, 2.45) is 7.05 Å². The van der Waals surface area contributed by atoms with Gasteiger partial charge in [-0.2, -0.15) is 0 Å². The number of amides is 1. The molecule has 0 bridgehead atoms. The number of thioether (sulfide) groups is 1. The summed E-state index contributed by atoms with van der Waals surface area (Å²) in [5, 5.41) is 12.5. The fraction of sp³-hybridized carbons (Fsp3) is 0.409. The van der Waals surface area contributed by atoms with Crippen LogP contribution in [0.3, 0.4) is 0 Å². The number of benzene rings is 1. The van der Waals surface area contributed by atoms with E-state index in [0.29, 0.717) is 18.7 Å². The van der Waals surface area contributed by atoms with Crippen LogP contribution in [0.5, 0.6) is 0 Å². The lowest BCUT2D eigenvalue weighted by Gasteiger charge is -2.12. The summed E-state index contributed by atoms with van der Waals surface area (Å²) in [7, 11) is 2.02. The van der Waals surface area contributed by atoms with Gasteiger partial charge in [-0.05, 0) is 44.0 Å². The third-order valence-corrected chi connectivity index (χ3v) is 6.20. The van der Waals surface area contributed by atoms with Crippen LogP contribution in [-0.2, 0) is 23.0 Å². The highest BCUT2D eigenvalue weighted by atomic mass is 32.2. The number of hydrogen-bond acceptors (Lipinski definition) is 5. The Kier molecular flexibility index (Phi) is 6.54. The number of hydrogen-bond donors (Lipinski definition) is 1. The topological polar surface area (TPSA) is 74.0 Å². The Morgan fingerprint density at radius 3 is 2.80 bits per heavy atom. The lowest BCUT2D eigenvalue weighted by atomic mass is 10.2. The van der Waals surface area contributed by atoms with Gasteiger partial charge in [0.2, 0.25) is 5.91 Å². The highest BCUT2D eigenvalue weighted by Gasteiger charge is 2.19. The molecule has 1 fully saturated rings. The molecule has 0 unspecified atom stereocenters. The van der Waals surface area contributed by atoms with E-state index in [4.69, 9.17) is 4.74 Å². The molecule has 1 aliphatic rings. The Balaban J connectivity index is 1.49. The Bertz CT molecular complexity index is 989. The normalized spacial score (nSPS) is 16.1. The van der Waals surface area contributed by atoms with E-state index >= 15 is 0 Å². The lowest BCUT2D eigenvalue weighted by Crippen LogP contribution is -2.32. The van der Waals surface area contributed by atoms with Crippen molar-refractivity contribution in [3.8, 4) is 5.69 Å². The predicted molar refractivity (Wildman–Crippen MR) is 117 cm³/mol. The molecular formula is C22H27N5O2S. The van der Waals surface area contributed by atoms with E-state index in [1.165, 1.54) is 17.3 Å².